The second kappa shape index (κ2) is 7.91. The molecular formula is C20H22ClN7O3S. The van der Waals surface area contributed by atoms with E-state index in [1.165, 1.54) is 6.26 Å². The van der Waals surface area contributed by atoms with Crippen LogP contribution in [0.5, 0.6) is 0 Å². The zero-order valence-corrected chi connectivity index (χ0v) is 18.9. The Kier molecular flexibility index (Phi) is 5.19. The minimum absolute atomic E-state index is 0.0102. The Hall–Kier alpha value is -2.89. The molecule has 1 saturated carbocycles. The highest BCUT2D eigenvalue weighted by molar-refractivity contribution is 7.90. The van der Waals surface area contributed by atoms with Crippen molar-refractivity contribution in [3.8, 4) is 0 Å². The first-order chi connectivity index (χ1) is 15.3. The van der Waals surface area contributed by atoms with E-state index in [1.54, 1.807) is 21.6 Å². The van der Waals surface area contributed by atoms with E-state index >= 15 is 0 Å². The first-order valence-electron chi connectivity index (χ1n) is 10.2. The number of aliphatic hydroxyl groups is 1. The Balaban J connectivity index is 1.53. The summed E-state index contributed by atoms with van der Waals surface area (Å²) in [7, 11) is -3.10. The molecule has 0 radical (unpaired) electrons. The number of anilines is 3. The summed E-state index contributed by atoms with van der Waals surface area (Å²) in [5.74, 6) is 0.978. The molecule has 0 spiro atoms. The maximum atomic E-state index is 11.5. The maximum absolute atomic E-state index is 11.5. The first kappa shape index (κ1) is 21.0. The number of aliphatic hydroxyl groups excluding tert-OH is 1. The Labute approximate surface area is 189 Å². The summed E-state index contributed by atoms with van der Waals surface area (Å²) in [6, 6.07) is 5.98. The number of aromatic nitrogens is 5. The smallest absolute Gasteiger partial charge is 0.231 e. The van der Waals surface area contributed by atoms with Crippen molar-refractivity contribution < 1.29 is 13.5 Å². The van der Waals surface area contributed by atoms with Crippen molar-refractivity contribution in [1.29, 1.82) is 0 Å². The van der Waals surface area contributed by atoms with Crippen molar-refractivity contribution >= 4 is 60.8 Å². The topological polar surface area (TPSA) is 127 Å². The standard InChI is InChI=1S/C20H22ClN7O3S/c1-32(30,31)8-7-28-16-4-2-3-15(13(16)9-22-28)24-20-25-18(23-12-5-6-12)17-14(21)10-27(11-29)19(17)26-20/h2-4,9-10,12,29H,5-8,11H2,1H3,(H2,23,24,25,26). The number of rotatable bonds is 8. The van der Waals surface area contributed by atoms with Gasteiger partial charge < -0.3 is 20.3 Å². The summed E-state index contributed by atoms with van der Waals surface area (Å²) >= 11 is 6.39. The van der Waals surface area contributed by atoms with Gasteiger partial charge in [-0.2, -0.15) is 15.1 Å². The van der Waals surface area contributed by atoms with Crippen LogP contribution in [0.1, 0.15) is 12.8 Å². The predicted octanol–water partition coefficient (Wildman–Crippen LogP) is 2.75. The van der Waals surface area contributed by atoms with Gasteiger partial charge in [0.15, 0.2) is 5.65 Å². The van der Waals surface area contributed by atoms with Crippen LogP contribution in [0, 0.1) is 0 Å². The molecule has 1 fully saturated rings. The Morgan fingerprint density at radius 1 is 1.28 bits per heavy atom. The number of nitrogens with one attached hydrogen (secondary N) is 2. The minimum Gasteiger partial charge on any atom is -0.376 e. The van der Waals surface area contributed by atoms with Crippen LogP contribution in [0.25, 0.3) is 21.9 Å². The van der Waals surface area contributed by atoms with E-state index in [2.05, 4.69) is 25.7 Å². The SMILES string of the molecule is CS(=O)(=O)CCn1ncc2c(Nc3nc(NC4CC4)c4c(Cl)cn(CO)c4n3)cccc21. The number of halogens is 1. The zero-order chi connectivity index (χ0) is 22.5. The molecule has 0 amide bonds. The zero-order valence-electron chi connectivity index (χ0n) is 17.3. The molecule has 0 atom stereocenters. The van der Waals surface area contributed by atoms with Gasteiger partial charge >= 0.3 is 0 Å². The van der Waals surface area contributed by atoms with Gasteiger partial charge in [-0.05, 0) is 25.0 Å². The van der Waals surface area contributed by atoms with Crippen LogP contribution in [0.4, 0.5) is 17.5 Å². The van der Waals surface area contributed by atoms with Crippen LogP contribution in [0.3, 0.4) is 0 Å². The van der Waals surface area contributed by atoms with E-state index in [0.29, 0.717) is 33.9 Å². The Morgan fingerprint density at radius 3 is 2.81 bits per heavy atom. The number of hydrogen-bond acceptors (Lipinski definition) is 8. The lowest BCUT2D eigenvalue weighted by Crippen LogP contribution is -2.12. The normalized spacial score (nSPS) is 14.3. The second-order valence-electron chi connectivity index (χ2n) is 7.96. The summed E-state index contributed by atoms with van der Waals surface area (Å²) < 4.78 is 26.3. The molecule has 3 heterocycles. The molecule has 1 aromatic carbocycles. The number of aryl methyl sites for hydroxylation is 1. The van der Waals surface area contributed by atoms with Gasteiger partial charge in [0.2, 0.25) is 5.95 Å². The average molecular weight is 476 g/mol. The summed E-state index contributed by atoms with van der Waals surface area (Å²) in [6.07, 6.45) is 6.67. The summed E-state index contributed by atoms with van der Waals surface area (Å²) in [5, 5.41) is 22.7. The quantitative estimate of drug-likeness (QED) is 0.355. The van der Waals surface area contributed by atoms with Crippen molar-refractivity contribution in [3.63, 3.8) is 0 Å². The van der Waals surface area contributed by atoms with Gasteiger partial charge in [-0.25, -0.2) is 8.42 Å². The highest BCUT2D eigenvalue weighted by atomic mass is 35.5. The van der Waals surface area contributed by atoms with Gasteiger partial charge in [-0.15, -0.1) is 0 Å². The fourth-order valence-electron chi connectivity index (χ4n) is 3.59. The summed E-state index contributed by atoms with van der Waals surface area (Å²) in [5.41, 5.74) is 2.06. The molecule has 3 N–H and O–H groups in total. The third-order valence-corrected chi connectivity index (χ3v) is 6.56. The van der Waals surface area contributed by atoms with Gasteiger partial charge in [0.1, 0.15) is 22.4 Å². The van der Waals surface area contributed by atoms with E-state index in [0.717, 1.165) is 29.4 Å². The molecule has 1 aliphatic carbocycles. The summed E-state index contributed by atoms with van der Waals surface area (Å²) in [6.45, 7) is 0.0114. The molecule has 1 aliphatic rings. The molecular weight excluding hydrogens is 454 g/mol. The first-order valence-corrected chi connectivity index (χ1v) is 12.6. The number of fused-ring (bicyclic) bond motifs is 2. The molecule has 0 unspecified atom stereocenters. The molecule has 5 rings (SSSR count). The van der Waals surface area contributed by atoms with Crippen molar-refractivity contribution in [2.45, 2.75) is 32.2 Å². The second-order valence-corrected chi connectivity index (χ2v) is 10.6. The van der Waals surface area contributed by atoms with E-state index in [1.807, 2.05) is 18.2 Å². The van der Waals surface area contributed by atoms with Crippen LogP contribution in [-0.4, -0.2) is 55.9 Å². The van der Waals surface area contributed by atoms with Crippen LogP contribution < -0.4 is 10.6 Å². The lowest BCUT2D eigenvalue weighted by Gasteiger charge is -2.11. The largest absolute Gasteiger partial charge is 0.376 e. The van der Waals surface area contributed by atoms with Crippen LogP contribution >= 0.6 is 11.6 Å². The fraction of sp³-hybridized carbons (Fsp3) is 0.350. The van der Waals surface area contributed by atoms with E-state index in [-0.39, 0.29) is 19.0 Å². The van der Waals surface area contributed by atoms with Crippen molar-refractivity contribution in [2.75, 3.05) is 22.6 Å². The predicted molar refractivity (Wildman–Crippen MR) is 124 cm³/mol. The van der Waals surface area contributed by atoms with Gasteiger partial charge in [-0.3, -0.25) is 4.68 Å². The van der Waals surface area contributed by atoms with E-state index < -0.39 is 9.84 Å². The third kappa shape index (κ3) is 4.10. The molecule has 32 heavy (non-hydrogen) atoms. The minimum atomic E-state index is -3.10. The highest BCUT2D eigenvalue weighted by Crippen LogP contribution is 2.35. The average Bonchev–Trinajstić information content (AvgIpc) is 3.35. The molecule has 10 nitrogen and oxygen atoms in total. The molecule has 0 saturated heterocycles. The van der Waals surface area contributed by atoms with E-state index in [9.17, 15) is 13.5 Å². The van der Waals surface area contributed by atoms with Crippen LogP contribution in [0.15, 0.2) is 30.6 Å². The molecule has 168 valence electrons. The fourth-order valence-corrected chi connectivity index (χ4v) is 4.39. The van der Waals surface area contributed by atoms with Gasteiger partial charge in [0, 0.05) is 23.9 Å². The number of nitrogens with zero attached hydrogens (tertiary/aromatic N) is 5. The third-order valence-electron chi connectivity index (χ3n) is 5.35. The van der Waals surface area contributed by atoms with Gasteiger partial charge in [0.25, 0.3) is 0 Å². The highest BCUT2D eigenvalue weighted by Gasteiger charge is 2.25. The van der Waals surface area contributed by atoms with Crippen LogP contribution in [-0.2, 0) is 23.1 Å². The van der Waals surface area contributed by atoms with Crippen molar-refractivity contribution in [3.05, 3.63) is 35.6 Å². The molecule has 0 aliphatic heterocycles. The van der Waals surface area contributed by atoms with Gasteiger partial charge in [0.05, 0.1) is 40.1 Å². The Morgan fingerprint density at radius 2 is 2.09 bits per heavy atom. The molecule has 12 heteroatoms. The van der Waals surface area contributed by atoms with Crippen molar-refractivity contribution in [1.82, 2.24) is 24.3 Å². The Bertz CT molecular complexity index is 1430. The number of benzene rings is 1. The van der Waals surface area contributed by atoms with E-state index in [4.69, 9.17) is 11.6 Å². The van der Waals surface area contributed by atoms with Crippen LogP contribution in [0.2, 0.25) is 5.02 Å². The van der Waals surface area contributed by atoms with Gasteiger partial charge in [-0.1, -0.05) is 17.7 Å². The maximum Gasteiger partial charge on any atom is 0.231 e. The lowest BCUT2D eigenvalue weighted by atomic mass is 10.2. The lowest BCUT2D eigenvalue weighted by molar-refractivity contribution is 0.215. The molecule has 4 aromatic rings. The van der Waals surface area contributed by atoms with Crippen molar-refractivity contribution in [2.24, 2.45) is 0 Å². The molecule has 0 bridgehead atoms. The summed E-state index contributed by atoms with van der Waals surface area (Å²) in [4.78, 5) is 9.23. The monoisotopic (exact) mass is 475 g/mol. The number of hydrogen-bond donors (Lipinski definition) is 3. The number of sulfone groups is 1. The molecule has 3 aromatic heterocycles.